The Morgan fingerprint density at radius 2 is 1.83 bits per heavy atom. The molecule has 3 N–H and O–H groups in total. The second-order valence-corrected chi connectivity index (χ2v) is 7.11. The molecule has 0 aromatic heterocycles. The molecule has 0 aliphatic heterocycles. The zero-order valence-electron chi connectivity index (χ0n) is 13.5. The highest BCUT2D eigenvalue weighted by Crippen LogP contribution is 2.26. The molecule has 0 aliphatic rings. The third-order valence-corrected chi connectivity index (χ3v) is 5.03. The lowest BCUT2D eigenvalue weighted by molar-refractivity contribution is 0.403. The number of hydrazone groups is 1. The maximum atomic E-state index is 12.2. The Bertz CT molecular complexity index is 830. The zero-order valence-corrected chi connectivity index (χ0v) is 14.3. The molecule has 0 radical (unpaired) electrons. The van der Waals surface area contributed by atoms with E-state index in [2.05, 4.69) is 23.8 Å². The highest BCUT2D eigenvalue weighted by Gasteiger charge is 2.13. The van der Waals surface area contributed by atoms with Gasteiger partial charge in [-0.05, 0) is 42.2 Å². The van der Waals surface area contributed by atoms with E-state index in [1.807, 2.05) is 0 Å². The number of hydrogen-bond donors (Lipinski definition) is 3. The number of phenols is 2. The van der Waals surface area contributed by atoms with Crippen LogP contribution in [0.5, 0.6) is 11.5 Å². The smallest absolute Gasteiger partial charge is 0.276 e. The summed E-state index contributed by atoms with van der Waals surface area (Å²) in [5.74, 6) is -0.303. The van der Waals surface area contributed by atoms with Crippen molar-refractivity contribution in [2.24, 2.45) is 5.10 Å². The van der Waals surface area contributed by atoms with Crippen LogP contribution in [-0.4, -0.2) is 24.8 Å². The molecule has 0 spiro atoms. The summed E-state index contributed by atoms with van der Waals surface area (Å²) in [6.45, 7) is 4.15. The van der Waals surface area contributed by atoms with Crippen molar-refractivity contribution in [3.05, 3.63) is 53.6 Å². The second-order valence-electron chi connectivity index (χ2n) is 5.45. The van der Waals surface area contributed by atoms with Crippen LogP contribution in [0.25, 0.3) is 0 Å². The lowest BCUT2D eigenvalue weighted by Gasteiger charge is -2.10. The predicted molar refractivity (Wildman–Crippen MR) is 92.8 cm³/mol. The van der Waals surface area contributed by atoms with Crippen molar-refractivity contribution in [1.29, 1.82) is 0 Å². The molecule has 6 nitrogen and oxygen atoms in total. The molecule has 0 bridgehead atoms. The van der Waals surface area contributed by atoms with Gasteiger partial charge in [-0.15, -0.1) is 0 Å². The van der Waals surface area contributed by atoms with E-state index in [0.29, 0.717) is 5.92 Å². The maximum absolute atomic E-state index is 12.2. The Kier molecular flexibility index (Phi) is 5.46. The number of nitrogens with one attached hydrogen (secondary N) is 1. The van der Waals surface area contributed by atoms with E-state index in [9.17, 15) is 18.6 Å². The Morgan fingerprint density at radius 3 is 2.46 bits per heavy atom. The van der Waals surface area contributed by atoms with Crippen molar-refractivity contribution in [2.75, 3.05) is 0 Å². The van der Waals surface area contributed by atoms with Crippen LogP contribution in [0.2, 0.25) is 0 Å². The first kappa shape index (κ1) is 17.8. The fourth-order valence-corrected chi connectivity index (χ4v) is 2.87. The number of hydrogen-bond acceptors (Lipinski definition) is 5. The Morgan fingerprint density at radius 1 is 1.17 bits per heavy atom. The molecule has 7 heteroatoms. The summed E-state index contributed by atoms with van der Waals surface area (Å²) in [6.07, 6.45) is 2.10. The minimum Gasteiger partial charge on any atom is -0.504 e. The maximum Gasteiger partial charge on any atom is 0.276 e. The predicted octanol–water partition coefficient (Wildman–Crippen LogP) is 2.92. The monoisotopic (exact) mass is 348 g/mol. The third kappa shape index (κ3) is 4.05. The minimum absolute atomic E-state index is 0.104. The van der Waals surface area contributed by atoms with E-state index in [1.165, 1.54) is 30.3 Å². The van der Waals surface area contributed by atoms with Gasteiger partial charge < -0.3 is 10.2 Å². The first-order valence-corrected chi connectivity index (χ1v) is 8.99. The molecule has 128 valence electrons. The SMILES string of the molecule is CCC(C)c1ccc(S(=O)(=O)NN=Cc2cccc(O)c2O)cc1. The topological polar surface area (TPSA) is 99.0 Å². The van der Waals surface area contributed by atoms with E-state index in [4.69, 9.17) is 0 Å². The van der Waals surface area contributed by atoms with Crippen molar-refractivity contribution in [2.45, 2.75) is 31.1 Å². The molecule has 0 saturated carbocycles. The van der Waals surface area contributed by atoms with Gasteiger partial charge >= 0.3 is 0 Å². The fourth-order valence-electron chi connectivity index (χ4n) is 2.08. The number of para-hydroxylation sites is 1. The normalized spacial score (nSPS) is 13.1. The quantitative estimate of drug-likeness (QED) is 0.424. The van der Waals surface area contributed by atoms with Gasteiger partial charge in [0.05, 0.1) is 11.1 Å². The fraction of sp³-hybridized carbons (Fsp3) is 0.235. The van der Waals surface area contributed by atoms with Gasteiger partial charge in [-0.3, -0.25) is 0 Å². The molecule has 0 aliphatic carbocycles. The number of aromatic hydroxyl groups is 2. The van der Waals surface area contributed by atoms with Crippen molar-refractivity contribution >= 4 is 16.2 Å². The minimum atomic E-state index is -3.79. The van der Waals surface area contributed by atoms with Crippen LogP contribution in [-0.2, 0) is 10.0 Å². The standard InChI is InChI=1S/C17H20N2O4S/c1-3-12(2)13-7-9-15(10-8-13)24(22,23)19-18-11-14-5-4-6-16(20)17(14)21/h4-12,19-21H,3H2,1-2H3. The number of nitrogens with zero attached hydrogens (tertiary/aromatic N) is 1. The van der Waals surface area contributed by atoms with Crippen molar-refractivity contribution in [1.82, 2.24) is 4.83 Å². The van der Waals surface area contributed by atoms with E-state index < -0.39 is 10.0 Å². The number of phenolic OH excluding ortho intramolecular Hbond substituents is 2. The van der Waals surface area contributed by atoms with Crippen LogP contribution in [0.15, 0.2) is 52.5 Å². The first-order chi connectivity index (χ1) is 11.3. The van der Waals surface area contributed by atoms with Crippen LogP contribution >= 0.6 is 0 Å². The molecule has 0 saturated heterocycles. The molecule has 2 rings (SSSR count). The van der Waals surface area contributed by atoms with Gasteiger partial charge in [0.1, 0.15) is 0 Å². The molecule has 0 amide bonds. The molecule has 24 heavy (non-hydrogen) atoms. The van der Waals surface area contributed by atoms with E-state index in [-0.39, 0.29) is 22.0 Å². The largest absolute Gasteiger partial charge is 0.504 e. The van der Waals surface area contributed by atoms with Gasteiger partial charge in [0, 0.05) is 5.56 Å². The van der Waals surface area contributed by atoms with Crippen LogP contribution in [0, 0.1) is 0 Å². The van der Waals surface area contributed by atoms with Gasteiger partial charge in [0.2, 0.25) is 0 Å². The molecule has 1 atom stereocenters. The third-order valence-electron chi connectivity index (χ3n) is 3.79. The van der Waals surface area contributed by atoms with Crippen molar-refractivity contribution < 1.29 is 18.6 Å². The van der Waals surface area contributed by atoms with Crippen LogP contribution in [0.4, 0.5) is 0 Å². The van der Waals surface area contributed by atoms with Gasteiger partial charge in [0.25, 0.3) is 10.0 Å². The zero-order chi connectivity index (χ0) is 17.7. The second kappa shape index (κ2) is 7.35. The van der Waals surface area contributed by atoms with Crippen molar-refractivity contribution in [3.63, 3.8) is 0 Å². The molecular weight excluding hydrogens is 328 g/mol. The molecule has 2 aromatic rings. The molecule has 0 fully saturated rings. The highest BCUT2D eigenvalue weighted by atomic mass is 32.2. The van der Waals surface area contributed by atoms with Gasteiger partial charge in [-0.2, -0.15) is 13.5 Å². The summed E-state index contributed by atoms with van der Waals surface area (Å²) in [7, 11) is -3.79. The summed E-state index contributed by atoms with van der Waals surface area (Å²) < 4.78 is 24.4. The van der Waals surface area contributed by atoms with E-state index in [1.54, 1.807) is 12.1 Å². The Balaban J connectivity index is 2.13. The van der Waals surface area contributed by atoms with Gasteiger partial charge in [-0.25, -0.2) is 4.83 Å². The first-order valence-electron chi connectivity index (χ1n) is 7.51. The van der Waals surface area contributed by atoms with E-state index in [0.717, 1.165) is 18.2 Å². The molecule has 0 heterocycles. The molecule has 2 aromatic carbocycles. The van der Waals surface area contributed by atoms with E-state index >= 15 is 0 Å². The molecular formula is C17H20N2O4S. The summed E-state index contributed by atoms with van der Waals surface area (Å²) in [4.78, 5) is 2.19. The lowest BCUT2D eigenvalue weighted by Crippen LogP contribution is -2.18. The van der Waals surface area contributed by atoms with Crippen LogP contribution < -0.4 is 4.83 Å². The molecule has 1 unspecified atom stereocenters. The summed E-state index contributed by atoms with van der Waals surface area (Å²) in [5, 5.41) is 22.6. The number of rotatable bonds is 6. The number of sulfonamides is 1. The van der Waals surface area contributed by atoms with Crippen LogP contribution in [0.1, 0.15) is 37.3 Å². The Hall–Kier alpha value is -2.54. The average Bonchev–Trinajstić information content (AvgIpc) is 2.58. The summed E-state index contributed by atoms with van der Waals surface area (Å²) >= 11 is 0. The average molecular weight is 348 g/mol. The van der Waals surface area contributed by atoms with Crippen molar-refractivity contribution in [3.8, 4) is 11.5 Å². The van der Waals surface area contributed by atoms with Gasteiger partial charge in [-0.1, -0.05) is 32.0 Å². The highest BCUT2D eigenvalue weighted by molar-refractivity contribution is 7.89. The Labute approximate surface area is 141 Å². The summed E-state index contributed by atoms with van der Waals surface area (Å²) in [5.41, 5.74) is 1.27. The van der Waals surface area contributed by atoms with Gasteiger partial charge in [0.15, 0.2) is 11.5 Å². The van der Waals surface area contributed by atoms with Crippen LogP contribution in [0.3, 0.4) is 0 Å². The lowest BCUT2D eigenvalue weighted by atomic mass is 9.99. The summed E-state index contributed by atoms with van der Waals surface area (Å²) in [6, 6.07) is 11.0. The number of benzene rings is 2.